The fourth-order valence-electron chi connectivity index (χ4n) is 4.70. The Morgan fingerprint density at radius 1 is 0.812 bits per heavy atom. The zero-order chi connectivity index (χ0) is 22.3. The Labute approximate surface area is 189 Å². The summed E-state index contributed by atoms with van der Waals surface area (Å²) in [6.07, 6.45) is 1.17. The molecule has 2 aliphatic rings. The van der Waals surface area contributed by atoms with Gasteiger partial charge in [-0.2, -0.15) is 4.31 Å². The van der Waals surface area contributed by atoms with Gasteiger partial charge in [0.2, 0.25) is 15.9 Å². The van der Waals surface area contributed by atoms with Gasteiger partial charge in [-0.25, -0.2) is 8.42 Å². The van der Waals surface area contributed by atoms with Crippen molar-refractivity contribution in [1.82, 2.24) is 9.21 Å². The van der Waals surface area contributed by atoms with Gasteiger partial charge in [0.25, 0.3) is 0 Å². The first-order chi connectivity index (χ1) is 15.4. The van der Waals surface area contributed by atoms with Crippen LogP contribution in [0.25, 0.3) is 0 Å². The molecular formula is C26H26N2O3S. The molecule has 0 saturated heterocycles. The van der Waals surface area contributed by atoms with E-state index in [-0.39, 0.29) is 17.3 Å². The van der Waals surface area contributed by atoms with Gasteiger partial charge in [-0.15, -0.1) is 0 Å². The number of hydrogen-bond donors (Lipinski definition) is 0. The maximum Gasteiger partial charge on any atom is 0.244 e. The summed E-state index contributed by atoms with van der Waals surface area (Å²) in [6, 6.07) is 22.1. The number of rotatable bonds is 3. The highest BCUT2D eigenvalue weighted by atomic mass is 32.2. The second-order valence-electron chi connectivity index (χ2n) is 8.63. The number of hydrogen-bond acceptors (Lipinski definition) is 3. The van der Waals surface area contributed by atoms with E-state index in [4.69, 9.17) is 0 Å². The Balaban J connectivity index is 1.51. The van der Waals surface area contributed by atoms with Gasteiger partial charge < -0.3 is 4.90 Å². The van der Waals surface area contributed by atoms with E-state index in [2.05, 4.69) is 6.07 Å². The van der Waals surface area contributed by atoms with Crippen molar-refractivity contribution in [2.24, 2.45) is 0 Å². The molecule has 2 heterocycles. The van der Waals surface area contributed by atoms with Crippen LogP contribution in [0.3, 0.4) is 0 Å². The van der Waals surface area contributed by atoms with Gasteiger partial charge in [-0.05, 0) is 54.2 Å². The summed E-state index contributed by atoms with van der Waals surface area (Å²) < 4.78 is 28.7. The molecule has 0 spiro atoms. The number of carbonyl (C=O) groups excluding carboxylic acids is 1. The second-order valence-corrected chi connectivity index (χ2v) is 10.5. The normalized spacial score (nSPS) is 18.7. The molecule has 6 heteroatoms. The van der Waals surface area contributed by atoms with E-state index in [1.165, 1.54) is 9.87 Å². The Morgan fingerprint density at radius 2 is 1.41 bits per heavy atom. The maximum absolute atomic E-state index is 13.7. The van der Waals surface area contributed by atoms with E-state index in [1.807, 2.05) is 54.3 Å². The molecule has 32 heavy (non-hydrogen) atoms. The van der Waals surface area contributed by atoms with Crippen LogP contribution in [0.15, 0.2) is 77.7 Å². The van der Waals surface area contributed by atoms with Crippen molar-refractivity contribution in [2.45, 2.75) is 43.8 Å². The zero-order valence-corrected chi connectivity index (χ0v) is 18.9. The van der Waals surface area contributed by atoms with E-state index in [0.717, 1.165) is 28.7 Å². The SMILES string of the molecule is Cc1ccc(S(=O)(=O)N2Cc3ccccc3C[C@H]2C(=O)N2CCc3ccccc3C2)cc1. The summed E-state index contributed by atoms with van der Waals surface area (Å²) in [5.41, 5.74) is 5.38. The molecule has 3 aromatic rings. The lowest BCUT2D eigenvalue weighted by atomic mass is 9.94. The summed E-state index contributed by atoms with van der Waals surface area (Å²) in [4.78, 5) is 15.8. The van der Waals surface area contributed by atoms with E-state index in [1.54, 1.807) is 24.3 Å². The number of aryl methyl sites for hydroxylation is 1. The Kier molecular flexibility index (Phi) is 5.35. The van der Waals surface area contributed by atoms with Gasteiger partial charge >= 0.3 is 0 Å². The number of amides is 1. The quantitative estimate of drug-likeness (QED) is 0.617. The predicted octanol–water partition coefficient (Wildman–Crippen LogP) is 3.70. The highest BCUT2D eigenvalue weighted by Gasteiger charge is 2.41. The summed E-state index contributed by atoms with van der Waals surface area (Å²) in [7, 11) is -3.83. The summed E-state index contributed by atoms with van der Waals surface area (Å²) >= 11 is 0. The topological polar surface area (TPSA) is 57.7 Å². The Bertz CT molecular complexity index is 1270. The molecule has 3 aromatic carbocycles. The molecule has 1 atom stereocenters. The maximum atomic E-state index is 13.7. The minimum atomic E-state index is -3.83. The summed E-state index contributed by atoms with van der Waals surface area (Å²) in [5.74, 6) is -0.121. The predicted molar refractivity (Wildman–Crippen MR) is 123 cm³/mol. The van der Waals surface area contributed by atoms with Crippen molar-refractivity contribution in [1.29, 1.82) is 0 Å². The van der Waals surface area contributed by atoms with Gasteiger partial charge in [-0.3, -0.25) is 4.79 Å². The molecule has 1 amide bonds. The molecule has 0 aliphatic carbocycles. The summed E-state index contributed by atoms with van der Waals surface area (Å²) in [5, 5.41) is 0. The lowest BCUT2D eigenvalue weighted by molar-refractivity contribution is -0.136. The third kappa shape index (κ3) is 3.74. The first-order valence-corrected chi connectivity index (χ1v) is 12.4. The first kappa shape index (κ1) is 20.9. The number of fused-ring (bicyclic) bond motifs is 2. The first-order valence-electron chi connectivity index (χ1n) is 10.9. The van der Waals surface area contributed by atoms with E-state index >= 15 is 0 Å². The Morgan fingerprint density at radius 3 is 2.09 bits per heavy atom. The van der Waals surface area contributed by atoms with Crippen molar-refractivity contribution in [3.8, 4) is 0 Å². The zero-order valence-electron chi connectivity index (χ0n) is 18.1. The number of sulfonamides is 1. The fourth-order valence-corrected chi connectivity index (χ4v) is 6.26. The molecule has 0 unspecified atom stereocenters. The molecule has 5 nitrogen and oxygen atoms in total. The largest absolute Gasteiger partial charge is 0.337 e. The van der Waals surface area contributed by atoms with Crippen LogP contribution >= 0.6 is 0 Å². The fraction of sp³-hybridized carbons (Fsp3) is 0.269. The van der Waals surface area contributed by atoms with Crippen LogP contribution in [0.2, 0.25) is 0 Å². The number of carbonyl (C=O) groups is 1. The smallest absolute Gasteiger partial charge is 0.244 e. The van der Waals surface area contributed by atoms with Crippen LogP contribution in [-0.4, -0.2) is 36.1 Å². The molecule has 0 bridgehead atoms. The highest BCUT2D eigenvalue weighted by molar-refractivity contribution is 7.89. The minimum Gasteiger partial charge on any atom is -0.337 e. The van der Waals surface area contributed by atoms with E-state index in [9.17, 15) is 13.2 Å². The Hall–Kier alpha value is -2.96. The van der Waals surface area contributed by atoms with Crippen LogP contribution in [0.1, 0.15) is 27.8 Å². The van der Waals surface area contributed by atoms with Crippen molar-refractivity contribution < 1.29 is 13.2 Å². The van der Waals surface area contributed by atoms with Crippen molar-refractivity contribution in [3.63, 3.8) is 0 Å². The molecule has 2 aliphatic heterocycles. The molecule has 0 radical (unpaired) electrons. The monoisotopic (exact) mass is 446 g/mol. The third-order valence-electron chi connectivity index (χ3n) is 6.56. The van der Waals surface area contributed by atoms with E-state index < -0.39 is 16.1 Å². The van der Waals surface area contributed by atoms with Crippen molar-refractivity contribution in [2.75, 3.05) is 6.54 Å². The second kappa shape index (κ2) is 8.19. The van der Waals surface area contributed by atoms with Crippen molar-refractivity contribution in [3.05, 3.63) is 101 Å². The molecule has 5 rings (SSSR count). The van der Waals surface area contributed by atoms with Gasteiger partial charge in [0.15, 0.2) is 0 Å². The van der Waals surface area contributed by atoms with Crippen LogP contribution in [-0.2, 0) is 40.7 Å². The van der Waals surface area contributed by atoms with E-state index in [0.29, 0.717) is 19.5 Å². The average Bonchev–Trinajstić information content (AvgIpc) is 2.82. The van der Waals surface area contributed by atoms with Crippen LogP contribution < -0.4 is 0 Å². The molecular weight excluding hydrogens is 420 g/mol. The molecule has 0 aromatic heterocycles. The minimum absolute atomic E-state index is 0.121. The van der Waals surface area contributed by atoms with Crippen LogP contribution in [0, 0.1) is 6.92 Å². The average molecular weight is 447 g/mol. The van der Waals surface area contributed by atoms with Crippen LogP contribution in [0.4, 0.5) is 0 Å². The molecule has 0 saturated carbocycles. The standard InChI is InChI=1S/C26H26N2O3S/c1-19-10-12-24(13-11-19)32(30,31)28-18-23-9-5-3-7-21(23)16-25(28)26(29)27-15-14-20-6-2-4-8-22(20)17-27/h2-13,25H,14-18H2,1H3/t25-/m0/s1. The lowest BCUT2D eigenvalue weighted by Crippen LogP contribution is -2.54. The summed E-state index contributed by atoms with van der Waals surface area (Å²) in [6.45, 7) is 3.25. The van der Waals surface area contributed by atoms with Crippen molar-refractivity contribution >= 4 is 15.9 Å². The molecule has 0 fully saturated rings. The highest BCUT2D eigenvalue weighted by Crippen LogP contribution is 2.31. The van der Waals surface area contributed by atoms with Gasteiger partial charge in [0.05, 0.1) is 4.90 Å². The van der Waals surface area contributed by atoms with Gasteiger partial charge in [-0.1, -0.05) is 66.2 Å². The lowest BCUT2D eigenvalue weighted by Gasteiger charge is -2.39. The van der Waals surface area contributed by atoms with Gasteiger partial charge in [0.1, 0.15) is 6.04 Å². The third-order valence-corrected chi connectivity index (χ3v) is 8.43. The number of nitrogens with zero attached hydrogens (tertiary/aromatic N) is 2. The van der Waals surface area contributed by atoms with Crippen LogP contribution in [0.5, 0.6) is 0 Å². The molecule has 164 valence electrons. The molecule has 0 N–H and O–H groups in total. The van der Waals surface area contributed by atoms with Gasteiger partial charge in [0, 0.05) is 19.6 Å². The number of benzene rings is 3.